The van der Waals surface area contributed by atoms with E-state index in [9.17, 15) is 0 Å². The van der Waals surface area contributed by atoms with Crippen molar-refractivity contribution in [1.29, 1.82) is 0 Å². The van der Waals surface area contributed by atoms with Gasteiger partial charge in [0.05, 0.1) is 6.04 Å². The Labute approximate surface area is 126 Å². The smallest absolute Gasteiger partial charge is 0.0593 e. The van der Waals surface area contributed by atoms with Crippen LogP contribution >= 0.6 is 0 Å². The first kappa shape index (κ1) is 14.5. The normalized spacial score (nSPS) is 19.0. The van der Waals surface area contributed by atoms with E-state index < -0.39 is 0 Å². The third-order valence-corrected chi connectivity index (χ3v) is 4.28. The maximum atomic E-state index is 6.04. The van der Waals surface area contributed by atoms with Crippen molar-refractivity contribution in [2.45, 2.75) is 6.04 Å². The molecule has 0 radical (unpaired) electrons. The van der Waals surface area contributed by atoms with Gasteiger partial charge in [-0.3, -0.25) is 0 Å². The number of piperazine rings is 1. The van der Waals surface area contributed by atoms with Gasteiger partial charge in [-0.25, -0.2) is 10.4 Å². The Hall–Kier alpha value is -1.46. The van der Waals surface area contributed by atoms with Gasteiger partial charge in [0.15, 0.2) is 0 Å². The zero-order chi connectivity index (χ0) is 14.7. The van der Waals surface area contributed by atoms with Gasteiger partial charge in [0, 0.05) is 32.7 Å². The van der Waals surface area contributed by atoms with Crippen LogP contribution in [0.2, 0.25) is 0 Å². The predicted molar refractivity (Wildman–Crippen MR) is 87.9 cm³/mol. The molecule has 1 aliphatic heterocycles. The fourth-order valence-corrected chi connectivity index (χ4v) is 2.96. The second-order valence-corrected chi connectivity index (χ2v) is 5.78. The zero-order valence-corrected chi connectivity index (χ0v) is 12.6. The molecule has 0 amide bonds. The molecule has 1 unspecified atom stereocenters. The molecule has 0 aliphatic carbocycles. The third-order valence-electron chi connectivity index (χ3n) is 4.28. The SMILES string of the molecule is CN1CCN(NC(CN)c2cccc3ccccc23)CC1. The second-order valence-electron chi connectivity index (χ2n) is 5.78. The van der Waals surface area contributed by atoms with Crippen LogP contribution in [0.4, 0.5) is 0 Å². The largest absolute Gasteiger partial charge is 0.329 e. The Kier molecular flexibility index (Phi) is 4.51. The summed E-state index contributed by atoms with van der Waals surface area (Å²) < 4.78 is 0. The molecule has 21 heavy (non-hydrogen) atoms. The average molecular weight is 284 g/mol. The number of likely N-dealkylation sites (N-methyl/N-ethyl adjacent to an activating group) is 1. The van der Waals surface area contributed by atoms with E-state index in [1.54, 1.807) is 0 Å². The molecule has 4 heteroatoms. The van der Waals surface area contributed by atoms with E-state index in [-0.39, 0.29) is 6.04 Å². The molecule has 4 nitrogen and oxygen atoms in total. The summed E-state index contributed by atoms with van der Waals surface area (Å²) in [5, 5.41) is 4.87. The van der Waals surface area contributed by atoms with E-state index in [0.717, 1.165) is 26.2 Å². The van der Waals surface area contributed by atoms with Crippen molar-refractivity contribution in [2.24, 2.45) is 5.73 Å². The molecule has 2 aromatic rings. The van der Waals surface area contributed by atoms with Gasteiger partial charge in [0.1, 0.15) is 0 Å². The summed E-state index contributed by atoms with van der Waals surface area (Å²) in [5.74, 6) is 0. The molecule has 0 spiro atoms. The monoisotopic (exact) mass is 284 g/mol. The molecule has 1 heterocycles. The van der Waals surface area contributed by atoms with Crippen molar-refractivity contribution in [1.82, 2.24) is 15.3 Å². The minimum absolute atomic E-state index is 0.166. The maximum absolute atomic E-state index is 6.04. The van der Waals surface area contributed by atoms with Crippen LogP contribution in [-0.4, -0.2) is 49.7 Å². The molecule has 0 aromatic heterocycles. The lowest BCUT2D eigenvalue weighted by molar-refractivity contribution is 0.0883. The number of rotatable bonds is 4. The van der Waals surface area contributed by atoms with Gasteiger partial charge in [0.2, 0.25) is 0 Å². The van der Waals surface area contributed by atoms with Crippen LogP contribution in [-0.2, 0) is 0 Å². The Balaban J connectivity index is 1.81. The van der Waals surface area contributed by atoms with E-state index in [1.165, 1.54) is 16.3 Å². The van der Waals surface area contributed by atoms with Crippen molar-refractivity contribution in [3.8, 4) is 0 Å². The zero-order valence-electron chi connectivity index (χ0n) is 12.6. The molecular weight excluding hydrogens is 260 g/mol. The number of hydrogen-bond donors (Lipinski definition) is 2. The van der Waals surface area contributed by atoms with E-state index >= 15 is 0 Å². The molecule has 3 N–H and O–H groups in total. The standard InChI is InChI=1S/C17H24N4/c1-20-9-11-21(12-10-20)19-17(13-18)16-8-4-6-14-5-2-3-7-15(14)16/h2-8,17,19H,9-13,18H2,1H3. The number of nitrogens with one attached hydrogen (secondary N) is 1. The number of nitrogens with zero attached hydrogens (tertiary/aromatic N) is 2. The Morgan fingerprint density at radius 1 is 1.05 bits per heavy atom. The van der Waals surface area contributed by atoms with Crippen molar-refractivity contribution < 1.29 is 0 Å². The number of nitrogens with two attached hydrogens (primary N) is 1. The molecule has 2 aromatic carbocycles. The summed E-state index contributed by atoms with van der Waals surface area (Å²) in [4.78, 5) is 2.35. The van der Waals surface area contributed by atoms with Gasteiger partial charge in [-0.15, -0.1) is 0 Å². The fourth-order valence-electron chi connectivity index (χ4n) is 2.96. The molecule has 1 saturated heterocycles. The highest BCUT2D eigenvalue weighted by atomic mass is 15.5. The first-order valence-electron chi connectivity index (χ1n) is 7.65. The third kappa shape index (κ3) is 3.24. The lowest BCUT2D eigenvalue weighted by atomic mass is 9.99. The van der Waals surface area contributed by atoms with Gasteiger partial charge >= 0.3 is 0 Å². The first-order chi connectivity index (χ1) is 10.3. The van der Waals surface area contributed by atoms with Crippen molar-refractivity contribution in [3.63, 3.8) is 0 Å². The number of benzene rings is 2. The molecule has 3 rings (SSSR count). The highest BCUT2D eigenvalue weighted by Crippen LogP contribution is 2.24. The topological polar surface area (TPSA) is 44.5 Å². The average Bonchev–Trinajstić information content (AvgIpc) is 2.54. The lowest BCUT2D eigenvalue weighted by Crippen LogP contribution is -2.52. The van der Waals surface area contributed by atoms with E-state index in [4.69, 9.17) is 5.73 Å². The summed E-state index contributed by atoms with van der Waals surface area (Å²) >= 11 is 0. The summed E-state index contributed by atoms with van der Waals surface area (Å²) in [5.41, 5.74) is 10.9. The first-order valence-corrected chi connectivity index (χ1v) is 7.65. The molecule has 0 bridgehead atoms. The highest BCUT2D eigenvalue weighted by molar-refractivity contribution is 5.86. The summed E-state index contributed by atoms with van der Waals surface area (Å²) in [6.45, 7) is 4.87. The van der Waals surface area contributed by atoms with Crippen LogP contribution < -0.4 is 11.2 Å². The molecular formula is C17H24N4. The van der Waals surface area contributed by atoms with E-state index in [1.807, 2.05) is 0 Å². The van der Waals surface area contributed by atoms with Crippen LogP contribution in [0.1, 0.15) is 11.6 Å². The van der Waals surface area contributed by atoms with Gasteiger partial charge in [0.25, 0.3) is 0 Å². The number of hydrazine groups is 1. The summed E-state index contributed by atoms with van der Waals surface area (Å²) in [6, 6.07) is 15.1. The van der Waals surface area contributed by atoms with Crippen molar-refractivity contribution >= 4 is 10.8 Å². The quantitative estimate of drug-likeness (QED) is 0.895. The highest BCUT2D eigenvalue weighted by Gasteiger charge is 2.19. The van der Waals surface area contributed by atoms with Crippen molar-refractivity contribution in [3.05, 3.63) is 48.0 Å². The Morgan fingerprint density at radius 3 is 2.52 bits per heavy atom. The van der Waals surface area contributed by atoms with Crippen LogP contribution in [0.5, 0.6) is 0 Å². The van der Waals surface area contributed by atoms with Crippen LogP contribution in [0.3, 0.4) is 0 Å². The predicted octanol–water partition coefficient (Wildman–Crippen LogP) is 1.59. The van der Waals surface area contributed by atoms with Crippen LogP contribution in [0.15, 0.2) is 42.5 Å². The van der Waals surface area contributed by atoms with E-state index in [0.29, 0.717) is 6.54 Å². The number of fused-ring (bicyclic) bond motifs is 1. The van der Waals surface area contributed by atoms with Gasteiger partial charge in [-0.05, 0) is 23.4 Å². The van der Waals surface area contributed by atoms with Crippen LogP contribution in [0.25, 0.3) is 10.8 Å². The minimum atomic E-state index is 0.166. The minimum Gasteiger partial charge on any atom is -0.329 e. The summed E-state index contributed by atoms with van der Waals surface area (Å²) in [6.07, 6.45) is 0. The Bertz CT molecular complexity index is 585. The molecule has 112 valence electrons. The fraction of sp³-hybridized carbons (Fsp3) is 0.412. The van der Waals surface area contributed by atoms with Gasteiger partial charge in [-0.2, -0.15) is 0 Å². The van der Waals surface area contributed by atoms with Crippen molar-refractivity contribution in [2.75, 3.05) is 39.8 Å². The Morgan fingerprint density at radius 2 is 1.76 bits per heavy atom. The molecule has 1 fully saturated rings. The lowest BCUT2D eigenvalue weighted by Gasteiger charge is -2.35. The summed E-state index contributed by atoms with van der Waals surface area (Å²) in [7, 11) is 2.17. The van der Waals surface area contributed by atoms with Gasteiger partial charge in [-0.1, -0.05) is 42.5 Å². The number of hydrogen-bond acceptors (Lipinski definition) is 4. The molecule has 1 atom stereocenters. The maximum Gasteiger partial charge on any atom is 0.0593 e. The van der Waals surface area contributed by atoms with Gasteiger partial charge < -0.3 is 10.6 Å². The van der Waals surface area contributed by atoms with Crippen LogP contribution in [0, 0.1) is 0 Å². The van der Waals surface area contributed by atoms with E-state index in [2.05, 4.69) is 64.8 Å². The second kappa shape index (κ2) is 6.54. The molecule has 1 aliphatic rings. The molecule has 0 saturated carbocycles.